The van der Waals surface area contributed by atoms with Crippen LogP contribution in [0.3, 0.4) is 0 Å². The Morgan fingerprint density at radius 3 is 2.42 bits per heavy atom. The summed E-state index contributed by atoms with van der Waals surface area (Å²) < 4.78 is 13.3. The van der Waals surface area contributed by atoms with E-state index in [1.807, 2.05) is 0 Å². The minimum absolute atomic E-state index is 0.212. The highest BCUT2D eigenvalue weighted by Gasteiger charge is 2.41. The average molecular weight is 325 g/mol. The first-order chi connectivity index (χ1) is 11.6. The lowest BCUT2D eigenvalue weighted by molar-refractivity contribution is -0.170. The molecule has 0 radical (unpaired) electrons. The van der Waals surface area contributed by atoms with Gasteiger partial charge in [0.05, 0.1) is 17.0 Å². The number of carbonyl (C=O) groups is 3. The first kappa shape index (κ1) is 14.6. The zero-order chi connectivity index (χ0) is 16.8. The fourth-order valence-corrected chi connectivity index (χ4v) is 3.23. The SMILES string of the molecule is O=C(ON1C(=O)c2ccccc2C1=O)C1CCc2cc(F)ccc21. The van der Waals surface area contributed by atoms with E-state index in [0.29, 0.717) is 23.5 Å². The van der Waals surface area contributed by atoms with Gasteiger partial charge >= 0.3 is 5.97 Å². The van der Waals surface area contributed by atoms with Crippen molar-refractivity contribution < 1.29 is 23.6 Å². The maximum absolute atomic E-state index is 13.3. The molecule has 2 amide bonds. The fraction of sp³-hybridized carbons (Fsp3) is 0.167. The summed E-state index contributed by atoms with van der Waals surface area (Å²) >= 11 is 0. The van der Waals surface area contributed by atoms with Gasteiger partial charge in [-0.2, -0.15) is 0 Å². The van der Waals surface area contributed by atoms with Crippen molar-refractivity contribution in [1.29, 1.82) is 0 Å². The highest BCUT2D eigenvalue weighted by Crippen LogP contribution is 2.35. The molecule has 1 atom stereocenters. The van der Waals surface area contributed by atoms with Crippen LogP contribution >= 0.6 is 0 Å². The standard InChI is InChI=1S/C18H12FNO4/c19-11-6-8-12-10(9-11)5-7-15(12)18(23)24-20-16(21)13-3-1-2-4-14(13)17(20)22/h1-4,6,8-9,15H,5,7H2. The van der Waals surface area contributed by atoms with E-state index in [-0.39, 0.29) is 16.9 Å². The summed E-state index contributed by atoms with van der Waals surface area (Å²) in [5, 5.41) is 0.508. The summed E-state index contributed by atoms with van der Waals surface area (Å²) in [7, 11) is 0. The molecule has 1 aliphatic heterocycles. The van der Waals surface area contributed by atoms with E-state index in [2.05, 4.69) is 0 Å². The lowest BCUT2D eigenvalue weighted by Gasteiger charge is -2.16. The van der Waals surface area contributed by atoms with Crippen LogP contribution in [0.4, 0.5) is 4.39 Å². The molecule has 6 heteroatoms. The van der Waals surface area contributed by atoms with Crippen LogP contribution in [0.2, 0.25) is 0 Å². The average Bonchev–Trinajstić information content (AvgIpc) is 3.10. The first-order valence-corrected chi connectivity index (χ1v) is 7.54. The number of imide groups is 1. The normalized spacial score (nSPS) is 18.5. The second-order valence-corrected chi connectivity index (χ2v) is 5.79. The summed E-state index contributed by atoms with van der Waals surface area (Å²) in [6.07, 6.45) is 1.01. The molecule has 0 saturated heterocycles. The molecule has 1 unspecified atom stereocenters. The van der Waals surface area contributed by atoms with Crippen LogP contribution in [-0.4, -0.2) is 22.8 Å². The number of nitrogens with zero attached hydrogens (tertiary/aromatic N) is 1. The molecule has 0 fully saturated rings. The van der Waals surface area contributed by atoms with Gasteiger partial charge in [-0.15, -0.1) is 0 Å². The summed E-state index contributed by atoms with van der Waals surface area (Å²) in [6.45, 7) is 0. The van der Waals surface area contributed by atoms with Crippen LogP contribution < -0.4 is 0 Å². The Morgan fingerprint density at radius 1 is 1.08 bits per heavy atom. The Balaban J connectivity index is 1.57. The molecule has 0 spiro atoms. The minimum Gasteiger partial charge on any atom is -0.329 e. The molecular weight excluding hydrogens is 313 g/mol. The van der Waals surface area contributed by atoms with E-state index < -0.39 is 23.7 Å². The predicted molar refractivity (Wildman–Crippen MR) is 80.5 cm³/mol. The summed E-state index contributed by atoms with van der Waals surface area (Å²) in [6, 6.07) is 10.5. The molecule has 1 heterocycles. The van der Waals surface area contributed by atoms with E-state index in [1.165, 1.54) is 24.3 Å². The highest BCUT2D eigenvalue weighted by molar-refractivity contribution is 6.20. The van der Waals surface area contributed by atoms with Crippen molar-refractivity contribution >= 4 is 17.8 Å². The number of hydrogen-bond acceptors (Lipinski definition) is 4. The van der Waals surface area contributed by atoms with Gasteiger partial charge in [-0.1, -0.05) is 23.3 Å². The second kappa shape index (κ2) is 5.26. The van der Waals surface area contributed by atoms with E-state index in [9.17, 15) is 18.8 Å². The highest BCUT2D eigenvalue weighted by atomic mass is 19.1. The third kappa shape index (κ3) is 2.11. The van der Waals surface area contributed by atoms with Gasteiger partial charge in [0.15, 0.2) is 0 Å². The number of halogens is 1. The zero-order valence-electron chi connectivity index (χ0n) is 12.5. The molecule has 120 valence electrons. The Morgan fingerprint density at radius 2 is 1.75 bits per heavy atom. The van der Waals surface area contributed by atoms with Crippen molar-refractivity contribution in [3.8, 4) is 0 Å². The molecule has 0 aromatic heterocycles. The van der Waals surface area contributed by atoms with Crippen molar-refractivity contribution in [2.75, 3.05) is 0 Å². The second-order valence-electron chi connectivity index (χ2n) is 5.79. The van der Waals surface area contributed by atoms with E-state index >= 15 is 0 Å². The van der Waals surface area contributed by atoms with Gasteiger partial charge in [0.25, 0.3) is 11.8 Å². The van der Waals surface area contributed by atoms with Gasteiger partial charge in [0, 0.05) is 0 Å². The molecule has 24 heavy (non-hydrogen) atoms. The summed E-state index contributed by atoms with van der Waals surface area (Å²) in [5.41, 5.74) is 1.85. The summed E-state index contributed by atoms with van der Waals surface area (Å²) in [5.74, 6) is -2.95. The van der Waals surface area contributed by atoms with Crippen molar-refractivity contribution in [2.24, 2.45) is 0 Å². The first-order valence-electron chi connectivity index (χ1n) is 7.54. The molecule has 4 rings (SSSR count). The van der Waals surface area contributed by atoms with Crippen molar-refractivity contribution in [3.05, 3.63) is 70.5 Å². The monoisotopic (exact) mass is 325 g/mol. The third-order valence-electron chi connectivity index (χ3n) is 4.41. The molecule has 2 aromatic carbocycles. The number of hydroxylamine groups is 2. The van der Waals surface area contributed by atoms with Crippen molar-refractivity contribution in [2.45, 2.75) is 18.8 Å². The number of benzene rings is 2. The third-order valence-corrected chi connectivity index (χ3v) is 4.41. The van der Waals surface area contributed by atoms with Gasteiger partial charge in [-0.25, -0.2) is 9.18 Å². The lowest BCUT2D eigenvalue weighted by atomic mass is 10.0. The van der Waals surface area contributed by atoms with Gasteiger partial charge in [0.2, 0.25) is 0 Å². The van der Waals surface area contributed by atoms with Crippen molar-refractivity contribution in [1.82, 2.24) is 5.06 Å². The van der Waals surface area contributed by atoms with E-state index in [1.54, 1.807) is 18.2 Å². The molecule has 2 aromatic rings. The number of rotatable bonds is 2. The van der Waals surface area contributed by atoms with Crippen molar-refractivity contribution in [3.63, 3.8) is 0 Å². The molecule has 0 bridgehead atoms. The van der Waals surface area contributed by atoms with Crippen LogP contribution in [0, 0.1) is 5.82 Å². The maximum Gasteiger partial charge on any atom is 0.340 e. The quantitative estimate of drug-likeness (QED) is 0.796. The van der Waals surface area contributed by atoms with Crippen LogP contribution in [0.25, 0.3) is 0 Å². The lowest BCUT2D eigenvalue weighted by Crippen LogP contribution is -2.34. The van der Waals surface area contributed by atoms with Crippen LogP contribution in [0.1, 0.15) is 44.2 Å². The molecule has 5 nitrogen and oxygen atoms in total. The van der Waals surface area contributed by atoms with Crippen LogP contribution in [0.15, 0.2) is 42.5 Å². The molecule has 0 saturated carbocycles. The van der Waals surface area contributed by atoms with E-state index in [4.69, 9.17) is 4.84 Å². The number of aryl methyl sites for hydroxylation is 1. The summed E-state index contributed by atoms with van der Waals surface area (Å²) in [4.78, 5) is 42.0. The Bertz CT molecular complexity index is 857. The smallest absolute Gasteiger partial charge is 0.329 e. The molecular formula is C18H12FNO4. The number of hydrogen-bond donors (Lipinski definition) is 0. The van der Waals surface area contributed by atoms with Gasteiger partial charge in [-0.3, -0.25) is 9.59 Å². The van der Waals surface area contributed by atoms with Crippen LogP contribution in [0.5, 0.6) is 0 Å². The Hall–Kier alpha value is -3.02. The Kier molecular flexibility index (Phi) is 3.19. The molecule has 0 N–H and O–H groups in total. The van der Waals surface area contributed by atoms with E-state index in [0.717, 1.165) is 5.56 Å². The minimum atomic E-state index is -0.685. The topological polar surface area (TPSA) is 63.7 Å². The molecule has 2 aliphatic rings. The van der Waals surface area contributed by atoms with Gasteiger partial charge < -0.3 is 4.84 Å². The number of carbonyl (C=O) groups excluding carboxylic acids is 3. The van der Waals surface area contributed by atoms with Crippen LogP contribution in [-0.2, 0) is 16.1 Å². The number of fused-ring (bicyclic) bond motifs is 2. The molecule has 1 aliphatic carbocycles. The fourth-order valence-electron chi connectivity index (χ4n) is 3.23. The zero-order valence-corrected chi connectivity index (χ0v) is 12.5. The van der Waals surface area contributed by atoms with Gasteiger partial charge in [0.1, 0.15) is 5.82 Å². The van der Waals surface area contributed by atoms with Gasteiger partial charge in [-0.05, 0) is 48.2 Å². The predicted octanol–water partition coefficient (Wildman–Crippen LogP) is 2.61. The number of amides is 2. The largest absolute Gasteiger partial charge is 0.340 e. The Labute approximate surface area is 136 Å². The maximum atomic E-state index is 13.3.